The van der Waals surface area contributed by atoms with Crippen LogP contribution >= 0.6 is 0 Å². The van der Waals surface area contributed by atoms with Crippen molar-refractivity contribution in [2.24, 2.45) is 11.5 Å². The molecule has 13 heavy (non-hydrogen) atoms. The number of hydrogen-bond acceptors (Lipinski definition) is 2. The highest BCUT2D eigenvalue weighted by Crippen LogP contribution is 2.16. The quantitative estimate of drug-likeness (QED) is 0.740. The molecule has 1 rings (SSSR count). The van der Waals surface area contributed by atoms with E-state index in [-0.39, 0.29) is 12.4 Å². The van der Waals surface area contributed by atoms with Crippen LogP contribution in [0.5, 0.6) is 0 Å². The number of hydrogen-bond donors (Lipinski definition) is 2. The van der Waals surface area contributed by atoms with Crippen LogP contribution < -0.4 is 11.5 Å². The highest BCUT2D eigenvalue weighted by Gasteiger charge is 2.07. The minimum atomic E-state index is -0.234. The van der Waals surface area contributed by atoms with E-state index in [1.165, 1.54) is 6.07 Å². The molecule has 72 valence electrons. The van der Waals surface area contributed by atoms with Gasteiger partial charge in [0.1, 0.15) is 5.82 Å². The summed E-state index contributed by atoms with van der Waals surface area (Å²) >= 11 is 0. The molecule has 0 saturated carbocycles. The molecule has 0 spiro atoms. The van der Waals surface area contributed by atoms with E-state index in [0.717, 1.165) is 17.5 Å². The average Bonchev–Trinajstić information content (AvgIpc) is 2.16. The van der Waals surface area contributed by atoms with E-state index in [2.05, 4.69) is 0 Å². The number of aryl methyl sites for hydroxylation is 1. The molecule has 0 aliphatic carbocycles. The summed E-state index contributed by atoms with van der Waals surface area (Å²) in [6.45, 7) is 2.54. The van der Waals surface area contributed by atoms with Crippen molar-refractivity contribution in [1.82, 2.24) is 0 Å². The Bertz CT molecular complexity index is 297. The Morgan fingerprint density at radius 2 is 1.92 bits per heavy atom. The van der Waals surface area contributed by atoms with Gasteiger partial charge in [0, 0.05) is 18.7 Å². The molecule has 0 heterocycles. The van der Waals surface area contributed by atoms with Gasteiger partial charge in [-0.1, -0.05) is 13.0 Å². The van der Waals surface area contributed by atoms with Crippen molar-refractivity contribution in [3.8, 4) is 0 Å². The van der Waals surface area contributed by atoms with Crippen molar-refractivity contribution in [1.29, 1.82) is 0 Å². The van der Waals surface area contributed by atoms with Crippen LogP contribution in [0.15, 0.2) is 12.1 Å². The second kappa shape index (κ2) is 4.35. The van der Waals surface area contributed by atoms with Gasteiger partial charge in [-0.05, 0) is 23.6 Å². The van der Waals surface area contributed by atoms with Crippen LogP contribution in [-0.2, 0) is 19.5 Å². The van der Waals surface area contributed by atoms with Crippen LogP contribution in [0.3, 0.4) is 0 Å². The molecule has 0 amide bonds. The lowest BCUT2D eigenvalue weighted by molar-refractivity contribution is 0.604. The Hall–Kier alpha value is -0.930. The first-order chi connectivity index (χ1) is 6.22. The largest absolute Gasteiger partial charge is 0.326 e. The Kier molecular flexibility index (Phi) is 3.39. The summed E-state index contributed by atoms with van der Waals surface area (Å²) in [5, 5.41) is 0. The fourth-order valence-corrected chi connectivity index (χ4v) is 1.37. The molecule has 2 nitrogen and oxygen atoms in total. The van der Waals surface area contributed by atoms with E-state index >= 15 is 0 Å². The lowest BCUT2D eigenvalue weighted by atomic mass is 10.0. The molecule has 0 saturated heterocycles. The second-order valence-electron chi connectivity index (χ2n) is 2.98. The molecular weight excluding hydrogens is 167 g/mol. The summed E-state index contributed by atoms with van der Waals surface area (Å²) in [4.78, 5) is 0. The Balaban J connectivity index is 3.20. The highest BCUT2D eigenvalue weighted by molar-refractivity contribution is 5.33. The van der Waals surface area contributed by atoms with Gasteiger partial charge in [0.05, 0.1) is 0 Å². The number of benzene rings is 1. The van der Waals surface area contributed by atoms with Gasteiger partial charge in [-0.25, -0.2) is 4.39 Å². The Morgan fingerprint density at radius 3 is 2.38 bits per heavy atom. The molecule has 0 aliphatic heterocycles. The first-order valence-corrected chi connectivity index (χ1v) is 4.43. The predicted molar refractivity (Wildman–Crippen MR) is 51.6 cm³/mol. The van der Waals surface area contributed by atoms with Crippen LogP contribution in [0.25, 0.3) is 0 Å². The fourth-order valence-electron chi connectivity index (χ4n) is 1.37. The molecule has 0 bridgehead atoms. The van der Waals surface area contributed by atoms with Gasteiger partial charge in [0.15, 0.2) is 0 Å². The van der Waals surface area contributed by atoms with Gasteiger partial charge in [0.25, 0.3) is 0 Å². The van der Waals surface area contributed by atoms with Crippen molar-refractivity contribution in [2.45, 2.75) is 26.4 Å². The van der Waals surface area contributed by atoms with Crippen molar-refractivity contribution in [2.75, 3.05) is 0 Å². The SMILES string of the molecule is CCc1cc(F)c(CN)c(CN)c1. The zero-order valence-corrected chi connectivity index (χ0v) is 7.81. The smallest absolute Gasteiger partial charge is 0.128 e. The van der Waals surface area contributed by atoms with Crippen LogP contribution in [0.1, 0.15) is 23.6 Å². The Morgan fingerprint density at radius 1 is 1.23 bits per heavy atom. The summed E-state index contributed by atoms with van der Waals surface area (Å²) in [6, 6.07) is 3.45. The van der Waals surface area contributed by atoms with Crippen molar-refractivity contribution in [3.05, 3.63) is 34.6 Å². The zero-order chi connectivity index (χ0) is 9.84. The molecule has 0 unspecified atom stereocenters. The first-order valence-electron chi connectivity index (χ1n) is 4.43. The van der Waals surface area contributed by atoms with Gasteiger partial charge in [-0.15, -0.1) is 0 Å². The topological polar surface area (TPSA) is 52.0 Å². The molecule has 0 aromatic heterocycles. The van der Waals surface area contributed by atoms with Gasteiger partial charge in [0.2, 0.25) is 0 Å². The van der Waals surface area contributed by atoms with E-state index in [1.54, 1.807) is 0 Å². The van der Waals surface area contributed by atoms with Crippen LogP contribution in [-0.4, -0.2) is 0 Å². The molecule has 0 fully saturated rings. The maximum absolute atomic E-state index is 13.3. The molecule has 1 aromatic carbocycles. The van der Waals surface area contributed by atoms with Crippen molar-refractivity contribution in [3.63, 3.8) is 0 Å². The van der Waals surface area contributed by atoms with E-state index in [9.17, 15) is 4.39 Å². The van der Waals surface area contributed by atoms with Crippen molar-refractivity contribution < 1.29 is 4.39 Å². The lowest BCUT2D eigenvalue weighted by Crippen LogP contribution is -2.09. The lowest BCUT2D eigenvalue weighted by Gasteiger charge is -2.09. The highest BCUT2D eigenvalue weighted by atomic mass is 19.1. The summed E-state index contributed by atoms with van der Waals surface area (Å²) in [5.74, 6) is -0.234. The summed E-state index contributed by atoms with van der Waals surface area (Å²) in [6.07, 6.45) is 0.814. The van der Waals surface area contributed by atoms with Crippen LogP contribution in [0.2, 0.25) is 0 Å². The van der Waals surface area contributed by atoms with E-state index in [0.29, 0.717) is 12.1 Å². The molecule has 0 aliphatic rings. The van der Waals surface area contributed by atoms with Gasteiger partial charge in [-0.3, -0.25) is 0 Å². The van der Waals surface area contributed by atoms with Gasteiger partial charge >= 0.3 is 0 Å². The van der Waals surface area contributed by atoms with E-state index < -0.39 is 0 Å². The number of nitrogens with two attached hydrogens (primary N) is 2. The summed E-state index contributed by atoms with van der Waals surface area (Å²) in [7, 11) is 0. The average molecular weight is 182 g/mol. The molecular formula is C10H15FN2. The molecule has 1 aromatic rings. The standard InChI is InChI=1S/C10H15FN2/c1-2-7-3-8(5-12)9(6-13)10(11)4-7/h3-4H,2,5-6,12-13H2,1H3. The van der Waals surface area contributed by atoms with Crippen LogP contribution in [0.4, 0.5) is 4.39 Å². The maximum atomic E-state index is 13.3. The second-order valence-corrected chi connectivity index (χ2v) is 2.98. The van der Waals surface area contributed by atoms with E-state index in [4.69, 9.17) is 11.5 Å². The molecule has 0 atom stereocenters. The fraction of sp³-hybridized carbons (Fsp3) is 0.400. The zero-order valence-electron chi connectivity index (χ0n) is 7.81. The Labute approximate surface area is 77.7 Å². The normalized spacial score (nSPS) is 10.5. The maximum Gasteiger partial charge on any atom is 0.128 e. The molecule has 4 N–H and O–H groups in total. The summed E-state index contributed by atoms with van der Waals surface area (Å²) < 4.78 is 13.3. The summed E-state index contributed by atoms with van der Waals surface area (Å²) in [5.41, 5.74) is 13.2. The number of rotatable bonds is 3. The molecule has 3 heteroatoms. The van der Waals surface area contributed by atoms with Gasteiger partial charge < -0.3 is 11.5 Å². The monoisotopic (exact) mass is 182 g/mol. The van der Waals surface area contributed by atoms with E-state index in [1.807, 2.05) is 13.0 Å². The molecule has 0 radical (unpaired) electrons. The van der Waals surface area contributed by atoms with Gasteiger partial charge in [-0.2, -0.15) is 0 Å². The third-order valence-electron chi connectivity index (χ3n) is 2.18. The number of halogens is 1. The van der Waals surface area contributed by atoms with Crippen molar-refractivity contribution >= 4 is 0 Å². The van der Waals surface area contributed by atoms with Crippen LogP contribution in [0, 0.1) is 5.82 Å². The third-order valence-corrected chi connectivity index (χ3v) is 2.18. The third kappa shape index (κ3) is 2.05. The predicted octanol–water partition coefficient (Wildman–Crippen LogP) is 1.31. The first kappa shape index (κ1) is 10.2. The minimum Gasteiger partial charge on any atom is -0.326 e. The minimum absolute atomic E-state index is 0.211.